The summed E-state index contributed by atoms with van der Waals surface area (Å²) in [6.07, 6.45) is 10.7. The quantitative estimate of drug-likeness (QED) is 0.435. The van der Waals surface area contributed by atoms with Crippen molar-refractivity contribution in [2.24, 2.45) is 17.8 Å². The summed E-state index contributed by atoms with van der Waals surface area (Å²) in [5.41, 5.74) is 2.54. The Morgan fingerprint density at radius 3 is 2.74 bits per heavy atom. The molecule has 3 aliphatic rings. The molecule has 3 aliphatic carbocycles. The molecule has 3 rings (SSSR count). The van der Waals surface area contributed by atoms with Gasteiger partial charge in [0.15, 0.2) is 0 Å². The Kier molecular flexibility index (Phi) is 3.07. The number of rotatable bonds is 3. The van der Waals surface area contributed by atoms with Crippen LogP contribution in [0, 0.1) is 17.8 Å². The topological polar surface area (TPSA) is 26.3 Å². The van der Waals surface area contributed by atoms with Gasteiger partial charge in [-0.15, -0.1) is 0 Å². The zero-order valence-electron chi connectivity index (χ0n) is 12.2. The van der Waals surface area contributed by atoms with Crippen LogP contribution in [-0.2, 0) is 9.53 Å². The predicted molar refractivity (Wildman–Crippen MR) is 75.6 cm³/mol. The maximum Gasteiger partial charge on any atom is 0.331 e. The first-order chi connectivity index (χ1) is 8.90. The number of ether oxygens (including phenoxy) is 1. The molecule has 0 N–H and O–H groups in total. The number of carbonyl (C=O) groups is 1. The smallest absolute Gasteiger partial charge is 0.331 e. The third kappa shape index (κ3) is 3.10. The molecule has 0 unspecified atom stereocenters. The summed E-state index contributed by atoms with van der Waals surface area (Å²) in [4.78, 5) is 11.8. The summed E-state index contributed by atoms with van der Waals surface area (Å²) >= 11 is 0. The van der Waals surface area contributed by atoms with E-state index in [1.165, 1.54) is 31.3 Å². The van der Waals surface area contributed by atoms with Gasteiger partial charge in [-0.3, -0.25) is 0 Å². The number of allylic oxidation sites excluding steroid dienone is 3. The maximum atomic E-state index is 11.8. The Bertz CT molecular complexity index is 446. The lowest BCUT2D eigenvalue weighted by Crippen LogP contribution is -2.27. The van der Waals surface area contributed by atoms with E-state index in [0.29, 0.717) is 5.92 Å². The molecular formula is C17H24O2. The van der Waals surface area contributed by atoms with Gasteiger partial charge in [0.25, 0.3) is 0 Å². The first-order valence-corrected chi connectivity index (χ1v) is 7.54. The van der Waals surface area contributed by atoms with Gasteiger partial charge in [-0.1, -0.05) is 17.2 Å². The van der Waals surface area contributed by atoms with Gasteiger partial charge >= 0.3 is 5.97 Å². The molecule has 0 radical (unpaired) electrons. The average molecular weight is 260 g/mol. The molecule has 0 saturated heterocycles. The van der Waals surface area contributed by atoms with Gasteiger partial charge in [-0.25, -0.2) is 4.79 Å². The van der Waals surface area contributed by atoms with Crippen LogP contribution in [0.1, 0.15) is 52.9 Å². The SMILES string of the molecule is CC(C)(C)OC(=O)C=C1C[C@H]2CC(CC3CC3)=C[C@@H]12. The van der Waals surface area contributed by atoms with Crippen LogP contribution in [0.25, 0.3) is 0 Å². The summed E-state index contributed by atoms with van der Waals surface area (Å²) in [5.74, 6) is 2.12. The second kappa shape index (κ2) is 4.50. The standard InChI is InChI=1S/C17H24O2/c1-17(2,3)19-16(18)10-14-9-13-7-12(8-15(13)14)6-11-4-5-11/h8,10-11,13,15H,4-7,9H2,1-3H3/t13-,15-/m1/s1. The second-order valence-corrected chi connectivity index (χ2v) is 7.42. The van der Waals surface area contributed by atoms with Crippen LogP contribution < -0.4 is 0 Å². The number of hydrogen-bond donors (Lipinski definition) is 0. The van der Waals surface area contributed by atoms with Crippen LogP contribution in [-0.4, -0.2) is 11.6 Å². The van der Waals surface area contributed by atoms with Crippen molar-refractivity contribution in [1.29, 1.82) is 0 Å². The molecule has 0 aliphatic heterocycles. The highest BCUT2D eigenvalue weighted by Crippen LogP contribution is 2.52. The van der Waals surface area contributed by atoms with E-state index in [-0.39, 0.29) is 11.6 Å². The lowest BCUT2D eigenvalue weighted by Gasteiger charge is -2.33. The van der Waals surface area contributed by atoms with Gasteiger partial charge in [-0.05, 0) is 64.7 Å². The van der Waals surface area contributed by atoms with Crippen molar-refractivity contribution in [1.82, 2.24) is 0 Å². The Hall–Kier alpha value is -1.05. The fourth-order valence-electron chi connectivity index (χ4n) is 3.29. The van der Waals surface area contributed by atoms with E-state index in [4.69, 9.17) is 4.74 Å². The van der Waals surface area contributed by atoms with E-state index in [1.54, 1.807) is 11.6 Å². The fraction of sp³-hybridized carbons (Fsp3) is 0.706. The third-order valence-electron chi connectivity index (χ3n) is 4.33. The highest BCUT2D eigenvalue weighted by atomic mass is 16.6. The van der Waals surface area contributed by atoms with Crippen LogP contribution >= 0.6 is 0 Å². The van der Waals surface area contributed by atoms with Crippen LogP contribution in [0.2, 0.25) is 0 Å². The Labute approximate surface area is 115 Å². The highest BCUT2D eigenvalue weighted by molar-refractivity contribution is 5.83. The minimum atomic E-state index is -0.389. The van der Waals surface area contributed by atoms with Crippen molar-refractivity contribution in [2.75, 3.05) is 0 Å². The molecule has 0 amide bonds. The largest absolute Gasteiger partial charge is 0.457 e. The molecule has 0 aromatic carbocycles. The fourth-order valence-corrected chi connectivity index (χ4v) is 3.29. The van der Waals surface area contributed by atoms with E-state index in [9.17, 15) is 4.79 Å². The van der Waals surface area contributed by atoms with Crippen LogP contribution in [0.4, 0.5) is 0 Å². The molecule has 2 heteroatoms. The molecule has 2 atom stereocenters. The summed E-state index contributed by atoms with van der Waals surface area (Å²) in [6.45, 7) is 5.74. The summed E-state index contributed by atoms with van der Waals surface area (Å²) in [5, 5.41) is 0. The van der Waals surface area contributed by atoms with Crippen molar-refractivity contribution in [2.45, 2.75) is 58.5 Å². The second-order valence-electron chi connectivity index (χ2n) is 7.42. The molecule has 0 aromatic rings. The summed E-state index contributed by atoms with van der Waals surface area (Å²) in [6, 6.07) is 0. The van der Waals surface area contributed by atoms with Crippen molar-refractivity contribution in [3.05, 3.63) is 23.3 Å². The van der Waals surface area contributed by atoms with Gasteiger partial charge in [-0.2, -0.15) is 0 Å². The molecule has 0 aromatic heterocycles. The summed E-state index contributed by atoms with van der Waals surface area (Å²) < 4.78 is 5.36. The van der Waals surface area contributed by atoms with E-state index < -0.39 is 0 Å². The van der Waals surface area contributed by atoms with Crippen molar-refractivity contribution >= 4 is 5.97 Å². The minimum Gasteiger partial charge on any atom is -0.457 e. The van der Waals surface area contributed by atoms with Gasteiger partial charge in [0.05, 0.1) is 0 Å². The molecule has 0 spiro atoms. The highest BCUT2D eigenvalue weighted by Gasteiger charge is 2.40. The van der Waals surface area contributed by atoms with Crippen molar-refractivity contribution in [3.8, 4) is 0 Å². The van der Waals surface area contributed by atoms with Gasteiger partial charge < -0.3 is 4.74 Å². The lowest BCUT2D eigenvalue weighted by molar-refractivity contribution is -0.148. The molecule has 2 saturated carbocycles. The molecule has 2 nitrogen and oxygen atoms in total. The normalized spacial score (nSPS) is 31.7. The van der Waals surface area contributed by atoms with Gasteiger partial charge in [0.1, 0.15) is 5.60 Å². The van der Waals surface area contributed by atoms with Crippen molar-refractivity contribution < 1.29 is 9.53 Å². The monoisotopic (exact) mass is 260 g/mol. The third-order valence-corrected chi connectivity index (χ3v) is 4.33. The molecule has 0 heterocycles. The van der Waals surface area contributed by atoms with Crippen LogP contribution in [0.5, 0.6) is 0 Å². The Balaban J connectivity index is 1.59. The predicted octanol–water partition coefficient (Wildman–Crippen LogP) is 4.02. The lowest BCUT2D eigenvalue weighted by atomic mass is 9.71. The van der Waals surface area contributed by atoms with Gasteiger partial charge in [0, 0.05) is 12.0 Å². The number of carbonyl (C=O) groups excluding carboxylic acids is 1. The van der Waals surface area contributed by atoms with E-state index in [2.05, 4.69) is 6.08 Å². The Morgan fingerprint density at radius 2 is 2.11 bits per heavy atom. The van der Waals surface area contributed by atoms with E-state index in [0.717, 1.165) is 18.3 Å². The first-order valence-electron chi connectivity index (χ1n) is 7.54. The molecule has 0 bridgehead atoms. The molecule has 104 valence electrons. The first kappa shape index (κ1) is 13.0. The number of hydrogen-bond acceptors (Lipinski definition) is 2. The van der Waals surface area contributed by atoms with Gasteiger partial charge in [0.2, 0.25) is 0 Å². The zero-order valence-corrected chi connectivity index (χ0v) is 12.2. The molecule has 19 heavy (non-hydrogen) atoms. The summed E-state index contributed by atoms with van der Waals surface area (Å²) in [7, 11) is 0. The number of esters is 1. The molecular weight excluding hydrogens is 236 g/mol. The zero-order chi connectivity index (χ0) is 13.6. The van der Waals surface area contributed by atoms with E-state index >= 15 is 0 Å². The Morgan fingerprint density at radius 1 is 1.37 bits per heavy atom. The van der Waals surface area contributed by atoms with Crippen molar-refractivity contribution in [3.63, 3.8) is 0 Å². The van der Waals surface area contributed by atoms with Crippen LogP contribution in [0.15, 0.2) is 23.3 Å². The number of fused-ring (bicyclic) bond motifs is 1. The van der Waals surface area contributed by atoms with E-state index in [1.807, 2.05) is 20.8 Å². The molecule has 2 fully saturated rings. The van der Waals surface area contributed by atoms with Crippen LogP contribution in [0.3, 0.4) is 0 Å². The maximum absolute atomic E-state index is 11.8. The minimum absolute atomic E-state index is 0.176. The average Bonchev–Trinajstić information content (AvgIpc) is 2.99.